The van der Waals surface area contributed by atoms with E-state index in [9.17, 15) is 13.2 Å². The fourth-order valence-corrected chi connectivity index (χ4v) is 3.91. The van der Waals surface area contributed by atoms with Gasteiger partial charge < -0.3 is 4.90 Å². The molecule has 1 aliphatic heterocycles. The summed E-state index contributed by atoms with van der Waals surface area (Å²) in [5.74, 6) is 0.614. The van der Waals surface area contributed by atoms with Gasteiger partial charge >= 0.3 is 0 Å². The Morgan fingerprint density at radius 3 is 2.44 bits per heavy atom. The van der Waals surface area contributed by atoms with Crippen molar-refractivity contribution in [3.63, 3.8) is 0 Å². The third kappa shape index (κ3) is 3.45. The molecular formula is C12H22N2O3S. The summed E-state index contributed by atoms with van der Waals surface area (Å²) in [6, 6.07) is 0. The Morgan fingerprint density at radius 2 is 1.83 bits per heavy atom. The van der Waals surface area contributed by atoms with Gasteiger partial charge in [0.1, 0.15) is 0 Å². The molecule has 104 valence electrons. The number of nitrogens with zero attached hydrogens (tertiary/aromatic N) is 1. The summed E-state index contributed by atoms with van der Waals surface area (Å²) in [7, 11) is -3.51. The van der Waals surface area contributed by atoms with Crippen molar-refractivity contribution < 1.29 is 13.2 Å². The van der Waals surface area contributed by atoms with E-state index in [0.29, 0.717) is 25.3 Å². The highest BCUT2D eigenvalue weighted by Gasteiger charge is 2.31. The van der Waals surface area contributed by atoms with Gasteiger partial charge in [-0.25, -0.2) is 13.6 Å². The molecule has 1 saturated carbocycles. The molecule has 2 N–H and O–H groups in total. The van der Waals surface area contributed by atoms with Crippen LogP contribution in [0, 0.1) is 5.92 Å². The van der Waals surface area contributed by atoms with Crippen molar-refractivity contribution >= 4 is 15.9 Å². The molecule has 0 aromatic heterocycles. The van der Waals surface area contributed by atoms with Crippen LogP contribution < -0.4 is 5.14 Å². The summed E-state index contributed by atoms with van der Waals surface area (Å²) in [6.07, 6.45) is 6.60. The lowest BCUT2D eigenvalue weighted by Crippen LogP contribution is -2.47. The van der Waals surface area contributed by atoms with Gasteiger partial charge in [0.15, 0.2) is 0 Å². The highest BCUT2D eigenvalue weighted by molar-refractivity contribution is 7.89. The standard InChI is InChI=1S/C12H22N2O3S/c13-18(16,17)11-6-3-7-14(9-11)12(15)8-10-4-1-2-5-10/h10-11H,1-9H2,(H2,13,16,17). The molecule has 1 amide bonds. The van der Waals surface area contributed by atoms with Gasteiger partial charge in [0.2, 0.25) is 15.9 Å². The first-order chi connectivity index (χ1) is 8.47. The number of piperidine rings is 1. The SMILES string of the molecule is NS(=O)(=O)C1CCCN(C(=O)CC2CCCC2)C1. The first kappa shape index (κ1) is 13.8. The van der Waals surface area contributed by atoms with E-state index in [4.69, 9.17) is 5.14 Å². The van der Waals surface area contributed by atoms with Gasteiger partial charge in [0, 0.05) is 19.5 Å². The van der Waals surface area contributed by atoms with Gasteiger partial charge in [-0.1, -0.05) is 12.8 Å². The lowest BCUT2D eigenvalue weighted by Gasteiger charge is -2.32. The van der Waals surface area contributed by atoms with E-state index in [-0.39, 0.29) is 12.5 Å². The van der Waals surface area contributed by atoms with Crippen molar-refractivity contribution in [2.24, 2.45) is 11.1 Å². The molecule has 5 nitrogen and oxygen atoms in total. The molecule has 2 aliphatic rings. The zero-order valence-electron chi connectivity index (χ0n) is 10.7. The van der Waals surface area contributed by atoms with Crippen LogP contribution in [-0.4, -0.2) is 37.6 Å². The Bertz CT molecular complexity index is 402. The number of amides is 1. The minimum Gasteiger partial charge on any atom is -0.341 e. The van der Waals surface area contributed by atoms with Crippen LogP contribution in [0.5, 0.6) is 0 Å². The fourth-order valence-electron chi connectivity index (χ4n) is 3.02. The predicted octanol–water partition coefficient (Wildman–Crippen LogP) is 0.846. The number of nitrogens with two attached hydrogens (primary N) is 1. The van der Waals surface area contributed by atoms with Gasteiger partial charge in [-0.05, 0) is 31.6 Å². The van der Waals surface area contributed by atoms with E-state index in [1.165, 1.54) is 12.8 Å². The van der Waals surface area contributed by atoms with E-state index in [0.717, 1.165) is 19.3 Å². The molecule has 1 heterocycles. The van der Waals surface area contributed by atoms with E-state index in [1.807, 2.05) is 0 Å². The molecule has 1 atom stereocenters. The Morgan fingerprint density at radius 1 is 1.17 bits per heavy atom. The monoisotopic (exact) mass is 274 g/mol. The summed E-state index contributed by atoms with van der Waals surface area (Å²) in [4.78, 5) is 13.8. The van der Waals surface area contributed by atoms with Crippen LogP contribution in [0.4, 0.5) is 0 Å². The van der Waals surface area contributed by atoms with Crippen LogP contribution in [-0.2, 0) is 14.8 Å². The third-order valence-corrected chi connectivity index (χ3v) is 5.45. The maximum absolute atomic E-state index is 12.1. The van der Waals surface area contributed by atoms with Gasteiger partial charge in [0.05, 0.1) is 5.25 Å². The topological polar surface area (TPSA) is 80.5 Å². The number of sulfonamides is 1. The highest BCUT2D eigenvalue weighted by Crippen LogP contribution is 2.28. The molecule has 0 radical (unpaired) electrons. The number of likely N-dealkylation sites (tertiary alicyclic amines) is 1. The normalized spacial score (nSPS) is 26.5. The smallest absolute Gasteiger partial charge is 0.222 e. The third-order valence-electron chi connectivity index (χ3n) is 4.13. The molecule has 0 bridgehead atoms. The molecule has 6 heteroatoms. The summed E-state index contributed by atoms with van der Waals surface area (Å²) in [5, 5.41) is 4.60. The van der Waals surface area contributed by atoms with E-state index in [1.54, 1.807) is 4.90 Å². The number of hydrogen-bond donors (Lipinski definition) is 1. The molecule has 18 heavy (non-hydrogen) atoms. The summed E-state index contributed by atoms with van der Waals surface area (Å²) < 4.78 is 22.7. The number of carbonyl (C=O) groups excluding carboxylic acids is 1. The Hall–Kier alpha value is -0.620. The Balaban J connectivity index is 1.89. The zero-order valence-corrected chi connectivity index (χ0v) is 11.5. The molecular weight excluding hydrogens is 252 g/mol. The molecule has 0 aromatic rings. The van der Waals surface area contributed by atoms with E-state index < -0.39 is 15.3 Å². The molecule has 1 aliphatic carbocycles. The average molecular weight is 274 g/mol. The van der Waals surface area contributed by atoms with Gasteiger partial charge in [-0.15, -0.1) is 0 Å². The lowest BCUT2D eigenvalue weighted by atomic mass is 10.0. The van der Waals surface area contributed by atoms with Crippen LogP contribution in [0.1, 0.15) is 44.9 Å². The van der Waals surface area contributed by atoms with Gasteiger partial charge in [0.25, 0.3) is 0 Å². The number of rotatable bonds is 3. The first-order valence-electron chi connectivity index (χ1n) is 6.76. The minimum absolute atomic E-state index is 0.107. The van der Waals surface area contributed by atoms with Crippen LogP contribution in [0.15, 0.2) is 0 Å². The maximum atomic E-state index is 12.1. The van der Waals surface area contributed by atoms with Crippen molar-refractivity contribution in [3.8, 4) is 0 Å². The molecule has 2 fully saturated rings. The maximum Gasteiger partial charge on any atom is 0.222 e. The van der Waals surface area contributed by atoms with Crippen molar-refractivity contribution in [1.29, 1.82) is 0 Å². The number of carbonyl (C=O) groups is 1. The van der Waals surface area contributed by atoms with Crippen LogP contribution in [0.2, 0.25) is 0 Å². The summed E-state index contributed by atoms with van der Waals surface area (Å²) >= 11 is 0. The van der Waals surface area contributed by atoms with Gasteiger partial charge in [-0.3, -0.25) is 4.79 Å². The second-order valence-corrected chi connectivity index (χ2v) is 7.39. The molecule has 0 aromatic carbocycles. The number of primary sulfonamides is 1. The second kappa shape index (κ2) is 5.57. The van der Waals surface area contributed by atoms with E-state index in [2.05, 4.69) is 0 Å². The van der Waals surface area contributed by atoms with Crippen LogP contribution in [0.25, 0.3) is 0 Å². The quantitative estimate of drug-likeness (QED) is 0.828. The van der Waals surface area contributed by atoms with E-state index >= 15 is 0 Å². The van der Waals surface area contributed by atoms with Crippen molar-refractivity contribution in [2.45, 2.75) is 50.2 Å². The Labute approximate surface area is 109 Å². The lowest BCUT2D eigenvalue weighted by molar-refractivity contribution is -0.132. The second-order valence-electron chi connectivity index (χ2n) is 5.55. The van der Waals surface area contributed by atoms with Crippen molar-refractivity contribution in [2.75, 3.05) is 13.1 Å². The predicted molar refractivity (Wildman–Crippen MR) is 69.3 cm³/mol. The van der Waals surface area contributed by atoms with Crippen molar-refractivity contribution in [1.82, 2.24) is 4.90 Å². The summed E-state index contributed by atoms with van der Waals surface area (Å²) in [5.41, 5.74) is 0. The largest absolute Gasteiger partial charge is 0.341 e. The van der Waals surface area contributed by atoms with Crippen molar-refractivity contribution in [3.05, 3.63) is 0 Å². The van der Waals surface area contributed by atoms with Crippen LogP contribution in [0.3, 0.4) is 0 Å². The zero-order chi connectivity index (χ0) is 13.2. The molecule has 0 spiro atoms. The molecule has 1 unspecified atom stereocenters. The Kier molecular flexibility index (Phi) is 4.27. The highest BCUT2D eigenvalue weighted by atomic mass is 32.2. The average Bonchev–Trinajstić information content (AvgIpc) is 2.81. The number of hydrogen-bond acceptors (Lipinski definition) is 3. The fraction of sp³-hybridized carbons (Fsp3) is 0.917. The molecule has 2 rings (SSSR count). The first-order valence-corrected chi connectivity index (χ1v) is 8.37. The van der Waals surface area contributed by atoms with Gasteiger partial charge in [-0.2, -0.15) is 0 Å². The summed E-state index contributed by atoms with van der Waals surface area (Å²) in [6.45, 7) is 0.960. The van der Waals surface area contributed by atoms with Crippen LogP contribution >= 0.6 is 0 Å². The molecule has 1 saturated heterocycles. The minimum atomic E-state index is -3.51.